The monoisotopic (exact) mass is 198 g/mol. The van der Waals surface area contributed by atoms with Crippen LogP contribution in [0.5, 0.6) is 0 Å². The number of hydrogen-bond donors (Lipinski definition) is 0. The van der Waals surface area contributed by atoms with Crippen molar-refractivity contribution >= 4 is 17.4 Å². The molecule has 0 aliphatic heterocycles. The number of rotatable bonds is 2. The van der Waals surface area contributed by atoms with Crippen LogP contribution in [-0.2, 0) is 4.79 Å². The Morgan fingerprint density at radius 2 is 1.92 bits per heavy atom. The lowest BCUT2D eigenvalue weighted by Gasteiger charge is -2.04. The Bertz CT molecular complexity index is 240. The van der Waals surface area contributed by atoms with E-state index in [2.05, 4.69) is 6.58 Å². The summed E-state index contributed by atoms with van der Waals surface area (Å²) in [6.45, 7) is 3.78. The van der Waals surface area contributed by atoms with Gasteiger partial charge in [-0.3, -0.25) is 4.79 Å². The summed E-state index contributed by atoms with van der Waals surface area (Å²) in [4.78, 5) is 10.6. The van der Waals surface area contributed by atoms with Crippen LogP contribution in [0.3, 0.4) is 0 Å². The van der Waals surface area contributed by atoms with Crippen LogP contribution in [0.2, 0.25) is 0 Å². The van der Waals surface area contributed by atoms with Crippen molar-refractivity contribution in [2.75, 3.05) is 0 Å². The highest BCUT2D eigenvalue weighted by molar-refractivity contribution is 6.43. The third-order valence-corrected chi connectivity index (χ3v) is 1.25. The number of alkyl halides is 3. The van der Waals surface area contributed by atoms with Crippen LogP contribution < -0.4 is 0 Å². The van der Waals surface area contributed by atoms with Crippen molar-refractivity contribution in [2.24, 2.45) is 0 Å². The molecule has 1 nitrogen and oxygen atoms in total. The van der Waals surface area contributed by atoms with Crippen molar-refractivity contribution in [3.63, 3.8) is 0 Å². The number of hydrogen-bond acceptors (Lipinski definition) is 1. The second kappa shape index (κ2) is 3.76. The van der Waals surface area contributed by atoms with Crippen LogP contribution in [-0.4, -0.2) is 12.0 Å². The predicted octanol–water partition coefficient (Wildman–Crippen LogP) is 2.82. The first-order chi connectivity index (χ1) is 5.25. The van der Waals surface area contributed by atoms with E-state index < -0.39 is 22.6 Å². The first-order valence-corrected chi connectivity index (χ1v) is 3.27. The molecule has 0 aromatic heterocycles. The molecule has 5 heteroatoms. The van der Waals surface area contributed by atoms with Gasteiger partial charge in [-0.2, -0.15) is 13.2 Å². The van der Waals surface area contributed by atoms with Gasteiger partial charge in [0.25, 0.3) is 0 Å². The van der Waals surface area contributed by atoms with Gasteiger partial charge in [0.2, 0.25) is 0 Å². The zero-order valence-electron chi connectivity index (χ0n) is 6.20. The standard InChI is InChI=1S/C7H6ClF3O/c1-4(7(9,10)11)3-6(12)5(2)8/h3H,2H2,1H3/b4-3+. The first kappa shape index (κ1) is 11.2. The van der Waals surface area contributed by atoms with Gasteiger partial charge in [0.1, 0.15) is 0 Å². The maximum Gasteiger partial charge on any atom is 0.412 e. The quantitative estimate of drug-likeness (QED) is 0.624. The van der Waals surface area contributed by atoms with Crippen LogP contribution in [0.4, 0.5) is 13.2 Å². The molecule has 0 bridgehead atoms. The fraction of sp³-hybridized carbons (Fsp3) is 0.286. The number of allylic oxidation sites excluding steroid dienone is 3. The summed E-state index contributed by atoms with van der Waals surface area (Å²) in [5.41, 5.74) is -0.991. The molecule has 0 atom stereocenters. The highest BCUT2D eigenvalue weighted by Gasteiger charge is 2.30. The Hall–Kier alpha value is -0.770. The van der Waals surface area contributed by atoms with Crippen molar-refractivity contribution in [3.8, 4) is 0 Å². The summed E-state index contributed by atoms with van der Waals surface area (Å²) in [6, 6.07) is 0. The van der Waals surface area contributed by atoms with Gasteiger partial charge < -0.3 is 0 Å². The van der Waals surface area contributed by atoms with E-state index in [1.165, 1.54) is 0 Å². The summed E-state index contributed by atoms with van der Waals surface area (Å²) in [7, 11) is 0. The summed E-state index contributed by atoms with van der Waals surface area (Å²) in [5, 5.41) is -0.432. The van der Waals surface area contributed by atoms with Crippen molar-refractivity contribution in [2.45, 2.75) is 13.1 Å². The van der Waals surface area contributed by atoms with E-state index >= 15 is 0 Å². The third kappa shape index (κ3) is 3.57. The van der Waals surface area contributed by atoms with Crippen molar-refractivity contribution in [1.29, 1.82) is 0 Å². The fourth-order valence-corrected chi connectivity index (χ4v) is 0.411. The molecule has 0 unspecified atom stereocenters. The molecule has 0 aliphatic rings. The molecule has 0 N–H and O–H groups in total. The maximum atomic E-state index is 11.8. The van der Waals surface area contributed by atoms with Gasteiger partial charge in [-0.25, -0.2) is 0 Å². The van der Waals surface area contributed by atoms with E-state index in [9.17, 15) is 18.0 Å². The van der Waals surface area contributed by atoms with E-state index in [-0.39, 0.29) is 0 Å². The van der Waals surface area contributed by atoms with Gasteiger partial charge in [-0.05, 0) is 13.0 Å². The molecule has 0 amide bonds. The van der Waals surface area contributed by atoms with Crippen LogP contribution in [0.25, 0.3) is 0 Å². The van der Waals surface area contributed by atoms with E-state index in [1.807, 2.05) is 0 Å². The van der Waals surface area contributed by atoms with Gasteiger partial charge >= 0.3 is 6.18 Å². The Balaban J connectivity index is 4.59. The molecule has 0 radical (unpaired) electrons. The van der Waals surface area contributed by atoms with Gasteiger partial charge in [0.15, 0.2) is 5.78 Å². The Kier molecular flexibility index (Phi) is 3.52. The smallest absolute Gasteiger partial charge is 0.288 e. The topological polar surface area (TPSA) is 17.1 Å². The molecule has 0 saturated heterocycles. The zero-order valence-corrected chi connectivity index (χ0v) is 6.96. The van der Waals surface area contributed by atoms with Crippen molar-refractivity contribution in [3.05, 3.63) is 23.3 Å². The Morgan fingerprint density at radius 3 is 2.17 bits per heavy atom. The zero-order chi connectivity index (χ0) is 9.94. The van der Waals surface area contributed by atoms with Crippen molar-refractivity contribution in [1.82, 2.24) is 0 Å². The average molecular weight is 199 g/mol. The van der Waals surface area contributed by atoms with E-state index in [1.54, 1.807) is 0 Å². The van der Waals surface area contributed by atoms with E-state index in [0.717, 1.165) is 6.92 Å². The molecule has 68 valence electrons. The third-order valence-electron chi connectivity index (χ3n) is 1.06. The molecule has 0 aliphatic carbocycles. The normalized spacial score (nSPS) is 12.9. The number of carbonyl (C=O) groups excluding carboxylic acids is 1. The lowest BCUT2D eigenvalue weighted by molar-refractivity contribution is -0.112. The van der Waals surface area contributed by atoms with Crippen LogP contribution in [0, 0.1) is 0 Å². The van der Waals surface area contributed by atoms with Gasteiger partial charge in [-0.1, -0.05) is 18.2 Å². The van der Waals surface area contributed by atoms with E-state index in [4.69, 9.17) is 11.6 Å². The first-order valence-electron chi connectivity index (χ1n) is 2.89. The fourth-order valence-electron chi connectivity index (χ4n) is 0.357. The molecule has 0 fully saturated rings. The van der Waals surface area contributed by atoms with Gasteiger partial charge in [0.05, 0.1) is 5.03 Å². The number of halogens is 4. The number of carbonyl (C=O) groups is 1. The Labute approximate surface area is 72.5 Å². The molecule has 0 saturated carbocycles. The molecule has 0 rings (SSSR count). The van der Waals surface area contributed by atoms with Crippen LogP contribution >= 0.6 is 11.6 Å². The van der Waals surface area contributed by atoms with Crippen LogP contribution in [0.1, 0.15) is 6.92 Å². The van der Waals surface area contributed by atoms with Crippen molar-refractivity contribution < 1.29 is 18.0 Å². The molecule has 0 aromatic rings. The lowest BCUT2D eigenvalue weighted by Crippen LogP contribution is -2.10. The lowest BCUT2D eigenvalue weighted by atomic mass is 10.2. The molecule has 12 heavy (non-hydrogen) atoms. The predicted molar refractivity (Wildman–Crippen MR) is 39.8 cm³/mol. The summed E-state index contributed by atoms with van der Waals surface area (Å²) >= 11 is 5.07. The maximum absolute atomic E-state index is 11.8. The summed E-state index contributed by atoms with van der Waals surface area (Å²) in [6.07, 6.45) is -4.07. The highest BCUT2D eigenvalue weighted by atomic mass is 35.5. The summed E-state index contributed by atoms with van der Waals surface area (Å²) < 4.78 is 35.3. The minimum Gasteiger partial charge on any atom is -0.288 e. The van der Waals surface area contributed by atoms with Crippen LogP contribution in [0.15, 0.2) is 23.3 Å². The SMILES string of the molecule is C=C(Cl)C(=O)/C=C(\C)C(F)(F)F. The largest absolute Gasteiger partial charge is 0.412 e. The second-order valence-electron chi connectivity index (χ2n) is 2.09. The minimum atomic E-state index is -4.48. The average Bonchev–Trinajstić information content (AvgIpc) is 1.85. The van der Waals surface area contributed by atoms with Gasteiger partial charge in [0, 0.05) is 5.57 Å². The summed E-state index contributed by atoms with van der Waals surface area (Å²) in [5.74, 6) is -0.925. The molecule has 0 heterocycles. The molecular weight excluding hydrogens is 193 g/mol. The minimum absolute atomic E-state index is 0.412. The van der Waals surface area contributed by atoms with Gasteiger partial charge in [-0.15, -0.1) is 0 Å². The Morgan fingerprint density at radius 1 is 1.50 bits per heavy atom. The van der Waals surface area contributed by atoms with E-state index in [0.29, 0.717) is 6.08 Å². The molecule has 0 spiro atoms. The highest BCUT2D eigenvalue weighted by Crippen LogP contribution is 2.25. The second-order valence-corrected chi connectivity index (χ2v) is 2.55. The number of ketones is 1. The molecule has 0 aromatic carbocycles. The molecular formula is C7H6ClF3O.